The number of hydrogen-bond acceptors (Lipinski definition) is 2. The molecule has 0 aliphatic carbocycles. The summed E-state index contributed by atoms with van der Waals surface area (Å²) in [5, 5.41) is 9.36. The second-order valence-electron chi connectivity index (χ2n) is 5.15. The summed E-state index contributed by atoms with van der Waals surface area (Å²) in [5.74, 6) is -0.623. The molecule has 1 N–H and O–H groups in total. The molecule has 1 aliphatic rings. The Kier molecular flexibility index (Phi) is 6.56. The van der Waals surface area contributed by atoms with Gasteiger partial charge in [0.2, 0.25) is 0 Å². The molecule has 0 spiro atoms. The van der Waals surface area contributed by atoms with Gasteiger partial charge >= 0.3 is 5.97 Å². The Morgan fingerprint density at radius 1 is 1.35 bits per heavy atom. The number of hydrogen-bond donors (Lipinski definition) is 1. The van der Waals surface area contributed by atoms with Crippen molar-refractivity contribution in [2.24, 2.45) is 0 Å². The van der Waals surface area contributed by atoms with E-state index in [1.807, 2.05) is 0 Å². The first-order valence-electron chi connectivity index (χ1n) is 7.19. The summed E-state index contributed by atoms with van der Waals surface area (Å²) in [6.45, 7) is 5.35. The molecule has 2 atom stereocenters. The summed E-state index contributed by atoms with van der Waals surface area (Å²) < 4.78 is 0. The topological polar surface area (TPSA) is 40.5 Å². The van der Waals surface area contributed by atoms with Gasteiger partial charge in [0.1, 0.15) is 6.04 Å². The number of likely N-dealkylation sites (tertiary alicyclic amines) is 1. The van der Waals surface area contributed by atoms with Crippen molar-refractivity contribution >= 4 is 5.97 Å². The summed E-state index contributed by atoms with van der Waals surface area (Å²) in [5.41, 5.74) is 0. The van der Waals surface area contributed by atoms with Crippen LogP contribution in [0, 0.1) is 0 Å². The van der Waals surface area contributed by atoms with E-state index in [1.165, 1.54) is 19.3 Å². The van der Waals surface area contributed by atoms with Crippen LogP contribution in [0.25, 0.3) is 0 Å². The standard InChI is InChI=1S/C14H27NO2/c1-3-5-9-12(4-2)15-11-8-6-7-10-13(15)14(16)17/h12-13H,3-11H2,1-2H3,(H,16,17). The minimum absolute atomic E-state index is 0.237. The van der Waals surface area contributed by atoms with Gasteiger partial charge in [-0.1, -0.05) is 39.5 Å². The number of aliphatic carboxylic acids is 1. The maximum absolute atomic E-state index is 11.4. The van der Waals surface area contributed by atoms with Gasteiger partial charge in [0.05, 0.1) is 0 Å². The van der Waals surface area contributed by atoms with Crippen LogP contribution in [-0.2, 0) is 4.79 Å². The van der Waals surface area contributed by atoms with Crippen LogP contribution in [0.5, 0.6) is 0 Å². The number of carbonyl (C=O) groups is 1. The first-order valence-corrected chi connectivity index (χ1v) is 7.19. The lowest BCUT2D eigenvalue weighted by Gasteiger charge is -2.34. The summed E-state index contributed by atoms with van der Waals surface area (Å²) >= 11 is 0. The van der Waals surface area contributed by atoms with Crippen molar-refractivity contribution in [3.8, 4) is 0 Å². The Labute approximate surface area is 105 Å². The maximum Gasteiger partial charge on any atom is 0.320 e. The smallest absolute Gasteiger partial charge is 0.320 e. The third-order valence-electron chi connectivity index (χ3n) is 3.91. The Morgan fingerprint density at radius 2 is 2.12 bits per heavy atom. The largest absolute Gasteiger partial charge is 0.480 e. The number of unbranched alkanes of at least 4 members (excludes halogenated alkanes) is 1. The minimum Gasteiger partial charge on any atom is -0.480 e. The molecule has 3 heteroatoms. The molecule has 1 heterocycles. The predicted octanol–water partition coefficient (Wildman–Crippen LogP) is 3.28. The molecule has 1 aliphatic heterocycles. The van der Waals surface area contributed by atoms with Gasteiger partial charge < -0.3 is 5.11 Å². The second-order valence-corrected chi connectivity index (χ2v) is 5.15. The highest BCUT2D eigenvalue weighted by molar-refractivity contribution is 5.73. The van der Waals surface area contributed by atoms with Gasteiger partial charge in [-0.05, 0) is 32.2 Å². The molecule has 0 aromatic heterocycles. The average Bonchev–Trinajstić information content (AvgIpc) is 2.56. The van der Waals surface area contributed by atoms with Gasteiger partial charge in [-0.25, -0.2) is 0 Å². The van der Waals surface area contributed by atoms with Gasteiger partial charge in [0.15, 0.2) is 0 Å². The fraction of sp³-hybridized carbons (Fsp3) is 0.929. The van der Waals surface area contributed by atoms with Crippen LogP contribution < -0.4 is 0 Å². The summed E-state index contributed by atoms with van der Waals surface area (Å²) in [6.07, 6.45) is 8.87. The van der Waals surface area contributed by atoms with Crippen molar-refractivity contribution < 1.29 is 9.90 Å². The third-order valence-corrected chi connectivity index (χ3v) is 3.91. The Bertz CT molecular complexity index is 230. The molecule has 17 heavy (non-hydrogen) atoms. The van der Waals surface area contributed by atoms with Crippen LogP contribution in [-0.4, -0.2) is 34.6 Å². The number of rotatable bonds is 6. The lowest BCUT2D eigenvalue weighted by Crippen LogP contribution is -2.46. The molecule has 0 radical (unpaired) electrons. The van der Waals surface area contributed by atoms with Crippen LogP contribution in [0.1, 0.15) is 65.2 Å². The van der Waals surface area contributed by atoms with Gasteiger partial charge in [0.25, 0.3) is 0 Å². The second kappa shape index (κ2) is 7.70. The highest BCUT2D eigenvalue weighted by Crippen LogP contribution is 2.23. The van der Waals surface area contributed by atoms with Crippen LogP contribution in [0.3, 0.4) is 0 Å². The first-order chi connectivity index (χ1) is 8.20. The van der Waals surface area contributed by atoms with Crippen molar-refractivity contribution in [2.75, 3.05) is 6.54 Å². The molecule has 2 unspecified atom stereocenters. The first kappa shape index (κ1) is 14.5. The molecule has 0 amide bonds. The molecule has 1 fully saturated rings. The fourth-order valence-corrected chi connectivity index (χ4v) is 2.88. The molecular formula is C14H27NO2. The van der Waals surface area contributed by atoms with E-state index in [0.717, 1.165) is 38.6 Å². The molecule has 0 bridgehead atoms. The van der Waals surface area contributed by atoms with Crippen molar-refractivity contribution in [3.05, 3.63) is 0 Å². The molecule has 1 saturated heterocycles. The number of carboxylic acid groups (broad SMARTS) is 1. The molecule has 0 aromatic rings. The lowest BCUT2D eigenvalue weighted by atomic mass is 10.0. The quantitative estimate of drug-likeness (QED) is 0.775. The van der Waals surface area contributed by atoms with Gasteiger partial charge in [0, 0.05) is 6.04 Å². The van der Waals surface area contributed by atoms with Crippen molar-refractivity contribution in [1.29, 1.82) is 0 Å². The highest BCUT2D eigenvalue weighted by Gasteiger charge is 2.31. The fourth-order valence-electron chi connectivity index (χ4n) is 2.88. The SMILES string of the molecule is CCCCC(CC)N1CCCCCC1C(=O)O. The minimum atomic E-state index is -0.623. The normalized spacial score (nSPS) is 24.2. The molecule has 1 rings (SSSR count). The Hall–Kier alpha value is -0.570. The van der Waals surface area contributed by atoms with Crippen LogP contribution in [0.4, 0.5) is 0 Å². The number of carboxylic acids is 1. The molecule has 3 nitrogen and oxygen atoms in total. The van der Waals surface area contributed by atoms with E-state index in [0.29, 0.717) is 6.04 Å². The van der Waals surface area contributed by atoms with E-state index in [1.54, 1.807) is 0 Å². The van der Waals surface area contributed by atoms with Crippen molar-refractivity contribution in [3.63, 3.8) is 0 Å². The van der Waals surface area contributed by atoms with E-state index in [9.17, 15) is 9.90 Å². The summed E-state index contributed by atoms with van der Waals surface area (Å²) in [4.78, 5) is 13.6. The van der Waals surface area contributed by atoms with Gasteiger partial charge in [-0.2, -0.15) is 0 Å². The van der Waals surface area contributed by atoms with Gasteiger partial charge in [-0.15, -0.1) is 0 Å². The van der Waals surface area contributed by atoms with Crippen molar-refractivity contribution in [2.45, 2.75) is 77.3 Å². The van der Waals surface area contributed by atoms with E-state index in [2.05, 4.69) is 18.7 Å². The highest BCUT2D eigenvalue weighted by atomic mass is 16.4. The summed E-state index contributed by atoms with van der Waals surface area (Å²) in [7, 11) is 0. The van der Waals surface area contributed by atoms with E-state index in [-0.39, 0.29) is 6.04 Å². The maximum atomic E-state index is 11.4. The zero-order valence-corrected chi connectivity index (χ0v) is 11.3. The van der Waals surface area contributed by atoms with Crippen LogP contribution in [0.15, 0.2) is 0 Å². The Morgan fingerprint density at radius 3 is 2.71 bits per heavy atom. The number of nitrogens with zero attached hydrogens (tertiary/aromatic N) is 1. The summed E-state index contributed by atoms with van der Waals surface area (Å²) in [6, 6.07) is 0.230. The molecular weight excluding hydrogens is 214 g/mol. The zero-order chi connectivity index (χ0) is 12.7. The third kappa shape index (κ3) is 4.30. The van der Waals surface area contributed by atoms with E-state index >= 15 is 0 Å². The van der Waals surface area contributed by atoms with Crippen molar-refractivity contribution in [1.82, 2.24) is 4.90 Å². The van der Waals surface area contributed by atoms with Crippen LogP contribution >= 0.6 is 0 Å². The van der Waals surface area contributed by atoms with E-state index in [4.69, 9.17) is 0 Å². The monoisotopic (exact) mass is 241 g/mol. The molecule has 0 saturated carbocycles. The lowest BCUT2D eigenvalue weighted by molar-refractivity contribution is -0.144. The Balaban J connectivity index is 2.68. The predicted molar refractivity (Wildman–Crippen MR) is 70.2 cm³/mol. The molecule has 0 aromatic carbocycles. The van der Waals surface area contributed by atoms with Gasteiger partial charge in [-0.3, -0.25) is 9.69 Å². The molecule has 100 valence electrons. The zero-order valence-electron chi connectivity index (χ0n) is 11.3. The van der Waals surface area contributed by atoms with E-state index < -0.39 is 5.97 Å². The van der Waals surface area contributed by atoms with Crippen LogP contribution in [0.2, 0.25) is 0 Å². The average molecular weight is 241 g/mol.